The minimum Gasteiger partial charge on any atom is -0.474 e. The van der Waals surface area contributed by atoms with Gasteiger partial charge in [-0.15, -0.1) is 0 Å². The maximum absolute atomic E-state index is 11.8. The third-order valence-corrected chi connectivity index (χ3v) is 2.77. The fraction of sp³-hybridized carbons (Fsp3) is 0.0667. The summed E-state index contributed by atoms with van der Waals surface area (Å²) < 4.78 is 10.1. The van der Waals surface area contributed by atoms with Gasteiger partial charge in [-0.1, -0.05) is 24.3 Å². The molecule has 0 aliphatic carbocycles. The molecule has 108 valence electrons. The number of benzene rings is 2. The lowest BCUT2D eigenvalue weighted by Crippen LogP contribution is -2.17. The van der Waals surface area contributed by atoms with E-state index in [4.69, 9.17) is 21.7 Å². The van der Waals surface area contributed by atoms with Gasteiger partial charge in [0.05, 0.1) is 7.11 Å². The lowest BCUT2D eigenvalue weighted by Gasteiger charge is -2.09. The highest BCUT2D eigenvalue weighted by molar-refractivity contribution is 7.80. The topological polar surface area (TPSA) is 59.6 Å². The van der Waals surface area contributed by atoms with Gasteiger partial charge in [-0.3, -0.25) is 5.32 Å². The third-order valence-electron chi connectivity index (χ3n) is 2.50. The van der Waals surface area contributed by atoms with Crippen molar-refractivity contribution in [2.45, 2.75) is 0 Å². The van der Waals surface area contributed by atoms with E-state index in [1.807, 2.05) is 18.2 Å². The first kappa shape index (κ1) is 14.8. The summed E-state index contributed by atoms with van der Waals surface area (Å²) in [5.41, 5.74) is 1.34. The normalized spacial score (nSPS) is 9.57. The van der Waals surface area contributed by atoms with Gasteiger partial charge in [0, 0.05) is 17.4 Å². The number of ether oxygens (including phenoxy) is 2. The molecule has 2 aromatic carbocycles. The zero-order valence-corrected chi connectivity index (χ0v) is 12.1. The molecule has 5 nitrogen and oxygen atoms in total. The number of hydrogen-bond donors (Lipinski definition) is 2. The smallest absolute Gasteiger partial charge is 0.417 e. The molecule has 1 amide bonds. The van der Waals surface area contributed by atoms with Crippen molar-refractivity contribution in [3.8, 4) is 5.75 Å². The molecule has 0 bridgehead atoms. The average Bonchev–Trinajstić information content (AvgIpc) is 2.48. The molecule has 2 aromatic rings. The molecule has 0 aromatic heterocycles. The van der Waals surface area contributed by atoms with Crippen LogP contribution in [0.15, 0.2) is 54.6 Å². The third kappa shape index (κ3) is 4.77. The van der Waals surface area contributed by atoms with E-state index < -0.39 is 6.09 Å². The van der Waals surface area contributed by atoms with Gasteiger partial charge in [0.15, 0.2) is 0 Å². The molecular formula is C15H14N2O3S. The van der Waals surface area contributed by atoms with Gasteiger partial charge < -0.3 is 14.8 Å². The van der Waals surface area contributed by atoms with E-state index in [0.717, 1.165) is 0 Å². The summed E-state index contributed by atoms with van der Waals surface area (Å²) in [5.74, 6) is 0.396. The molecule has 0 radical (unpaired) electrons. The van der Waals surface area contributed by atoms with Crippen LogP contribution in [0, 0.1) is 0 Å². The number of thiocarbonyl (C=S) groups is 1. The van der Waals surface area contributed by atoms with E-state index in [0.29, 0.717) is 17.1 Å². The SMILES string of the molecule is COC(=S)Nc1cccc(OC(=O)Nc2ccccc2)c1. The minimum atomic E-state index is -0.562. The van der Waals surface area contributed by atoms with Gasteiger partial charge in [-0.2, -0.15) is 0 Å². The molecule has 0 spiro atoms. The van der Waals surface area contributed by atoms with Crippen LogP contribution in [-0.2, 0) is 4.74 Å². The van der Waals surface area contributed by atoms with Gasteiger partial charge in [0.1, 0.15) is 5.75 Å². The molecule has 0 unspecified atom stereocenters. The van der Waals surface area contributed by atoms with Crippen molar-refractivity contribution in [1.29, 1.82) is 0 Å². The zero-order chi connectivity index (χ0) is 15.1. The highest BCUT2D eigenvalue weighted by Gasteiger charge is 2.06. The van der Waals surface area contributed by atoms with E-state index in [1.165, 1.54) is 7.11 Å². The van der Waals surface area contributed by atoms with Crippen molar-refractivity contribution in [2.24, 2.45) is 0 Å². The summed E-state index contributed by atoms with van der Waals surface area (Å²) in [6.45, 7) is 0. The maximum atomic E-state index is 11.8. The van der Waals surface area contributed by atoms with E-state index in [-0.39, 0.29) is 5.17 Å². The van der Waals surface area contributed by atoms with Gasteiger partial charge in [0.2, 0.25) is 0 Å². The summed E-state index contributed by atoms with van der Waals surface area (Å²) in [6.07, 6.45) is -0.562. The predicted molar refractivity (Wildman–Crippen MR) is 85.8 cm³/mol. The molecule has 0 saturated heterocycles. The number of carbonyl (C=O) groups is 1. The fourth-order valence-electron chi connectivity index (χ4n) is 1.58. The number of para-hydroxylation sites is 1. The van der Waals surface area contributed by atoms with Crippen molar-refractivity contribution >= 4 is 34.9 Å². The Balaban J connectivity index is 1.97. The molecule has 2 rings (SSSR count). The van der Waals surface area contributed by atoms with Crippen LogP contribution in [0.2, 0.25) is 0 Å². The molecule has 0 saturated carbocycles. The first-order valence-electron chi connectivity index (χ1n) is 6.16. The van der Waals surface area contributed by atoms with Crippen molar-refractivity contribution < 1.29 is 14.3 Å². The zero-order valence-electron chi connectivity index (χ0n) is 11.3. The minimum absolute atomic E-state index is 0.237. The Morgan fingerprint density at radius 2 is 1.71 bits per heavy atom. The summed E-state index contributed by atoms with van der Waals surface area (Å²) >= 11 is 4.90. The Bertz CT molecular complexity index is 632. The van der Waals surface area contributed by atoms with E-state index in [9.17, 15) is 4.79 Å². The first-order valence-corrected chi connectivity index (χ1v) is 6.57. The highest BCUT2D eigenvalue weighted by Crippen LogP contribution is 2.18. The number of rotatable bonds is 3. The molecule has 6 heteroatoms. The lowest BCUT2D eigenvalue weighted by molar-refractivity contribution is 0.215. The van der Waals surface area contributed by atoms with Gasteiger partial charge >= 0.3 is 6.09 Å². The number of nitrogens with one attached hydrogen (secondary N) is 2. The van der Waals surface area contributed by atoms with E-state index >= 15 is 0 Å². The highest BCUT2D eigenvalue weighted by atomic mass is 32.1. The van der Waals surface area contributed by atoms with Crippen LogP contribution in [0.1, 0.15) is 0 Å². The molecule has 0 fully saturated rings. The maximum Gasteiger partial charge on any atom is 0.417 e. The molecular weight excluding hydrogens is 288 g/mol. The number of methoxy groups -OCH3 is 1. The Labute approximate surface area is 127 Å². The van der Waals surface area contributed by atoms with Crippen LogP contribution >= 0.6 is 12.2 Å². The Morgan fingerprint density at radius 1 is 1.00 bits per heavy atom. The quantitative estimate of drug-likeness (QED) is 0.848. The lowest BCUT2D eigenvalue weighted by atomic mass is 10.3. The summed E-state index contributed by atoms with van der Waals surface area (Å²) in [6, 6.07) is 15.9. The predicted octanol–water partition coefficient (Wildman–Crippen LogP) is 3.64. The van der Waals surface area contributed by atoms with Gasteiger partial charge in [-0.05, 0) is 36.5 Å². The van der Waals surface area contributed by atoms with E-state index in [2.05, 4.69) is 10.6 Å². The monoisotopic (exact) mass is 302 g/mol. The van der Waals surface area contributed by atoms with Crippen molar-refractivity contribution in [3.63, 3.8) is 0 Å². The molecule has 0 aliphatic rings. The number of hydrogen-bond acceptors (Lipinski definition) is 4. The Morgan fingerprint density at radius 3 is 2.43 bits per heavy atom. The fourth-order valence-corrected chi connectivity index (χ4v) is 1.70. The van der Waals surface area contributed by atoms with Crippen molar-refractivity contribution in [1.82, 2.24) is 0 Å². The average molecular weight is 302 g/mol. The molecule has 21 heavy (non-hydrogen) atoms. The van der Waals surface area contributed by atoms with E-state index in [1.54, 1.807) is 36.4 Å². The standard InChI is InChI=1S/C15H14N2O3S/c1-19-15(21)17-12-8-5-9-13(10-12)20-14(18)16-11-6-3-2-4-7-11/h2-10H,1H3,(H,16,18)(H,17,21). The molecule has 0 aliphatic heterocycles. The first-order chi connectivity index (χ1) is 10.2. The van der Waals surface area contributed by atoms with Crippen LogP contribution in [0.4, 0.5) is 16.2 Å². The van der Waals surface area contributed by atoms with Crippen LogP contribution < -0.4 is 15.4 Å². The number of amides is 1. The Kier molecular flexibility index (Phi) is 5.11. The summed E-state index contributed by atoms with van der Waals surface area (Å²) in [4.78, 5) is 11.8. The molecule has 0 atom stereocenters. The van der Waals surface area contributed by atoms with Gasteiger partial charge in [-0.25, -0.2) is 4.79 Å². The van der Waals surface area contributed by atoms with Crippen molar-refractivity contribution in [3.05, 3.63) is 54.6 Å². The molecule has 0 heterocycles. The second-order valence-corrected chi connectivity index (χ2v) is 4.40. The van der Waals surface area contributed by atoms with Crippen LogP contribution in [0.25, 0.3) is 0 Å². The largest absolute Gasteiger partial charge is 0.474 e. The van der Waals surface area contributed by atoms with Gasteiger partial charge in [0.25, 0.3) is 5.17 Å². The van der Waals surface area contributed by atoms with Crippen LogP contribution in [0.3, 0.4) is 0 Å². The summed E-state index contributed by atoms with van der Waals surface area (Å²) in [5, 5.41) is 5.72. The van der Waals surface area contributed by atoms with Crippen molar-refractivity contribution in [2.75, 3.05) is 17.7 Å². The van der Waals surface area contributed by atoms with Crippen LogP contribution in [-0.4, -0.2) is 18.4 Å². The molecule has 2 N–H and O–H groups in total. The second kappa shape index (κ2) is 7.25. The Hall–Kier alpha value is -2.60. The van der Waals surface area contributed by atoms with Crippen LogP contribution in [0.5, 0.6) is 5.75 Å². The number of carbonyl (C=O) groups excluding carboxylic acids is 1. The summed E-state index contributed by atoms with van der Waals surface area (Å²) in [7, 11) is 1.48. The second-order valence-electron chi connectivity index (χ2n) is 4.02. The number of anilines is 2.